The third-order valence-corrected chi connectivity index (χ3v) is 4.25. The van der Waals surface area contributed by atoms with Crippen molar-refractivity contribution in [1.82, 2.24) is 9.55 Å². The first kappa shape index (κ1) is 13.0. The molecule has 0 radical (unpaired) electrons. The van der Waals surface area contributed by atoms with Crippen LogP contribution in [0.5, 0.6) is 0 Å². The number of hydrogen-bond donors (Lipinski definition) is 1. The number of aliphatic hydroxyl groups excluding tert-OH is 1. The fourth-order valence-corrected chi connectivity index (χ4v) is 2.79. The highest BCUT2D eigenvalue weighted by molar-refractivity contribution is 7.85. The average Bonchev–Trinajstić information content (AvgIpc) is 2.86. The van der Waals surface area contributed by atoms with Gasteiger partial charge in [0.15, 0.2) is 0 Å². The van der Waals surface area contributed by atoms with Crippen LogP contribution in [-0.4, -0.2) is 24.3 Å². The average molecular weight is 264 g/mol. The number of benzene rings is 1. The lowest BCUT2D eigenvalue weighted by molar-refractivity contribution is 0.251. The van der Waals surface area contributed by atoms with Crippen LogP contribution < -0.4 is 0 Å². The van der Waals surface area contributed by atoms with Gasteiger partial charge < -0.3 is 5.11 Å². The quantitative estimate of drug-likeness (QED) is 0.919. The van der Waals surface area contributed by atoms with Crippen LogP contribution in [0.25, 0.3) is 5.69 Å². The monoisotopic (exact) mass is 264 g/mol. The molecule has 18 heavy (non-hydrogen) atoms. The van der Waals surface area contributed by atoms with Crippen molar-refractivity contribution < 1.29 is 9.32 Å². The Kier molecular flexibility index (Phi) is 3.93. The SMILES string of the molecule is CC[C@@H](O)S(=O)c1nccn1-c1ccccc1C. The molecule has 1 heterocycles. The largest absolute Gasteiger partial charge is 0.379 e. The van der Waals surface area contributed by atoms with Crippen molar-refractivity contribution in [3.63, 3.8) is 0 Å². The molecule has 2 rings (SSSR count). The molecule has 0 aliphatic rings. The Morgan fingerprint density at radius 3 is 2.83 bits per heavy atom. The Morgan fingerprint density at radius 2 is 2.17 bits per heavy atom. The molecule has 1 aromatic carbocycles. The van der Waals surface area contributed by atoms with Crippen LogP contribution in [-0.2, 0) is 10.8 Å². The standard InChI is InChI=1S/C13H16N2O2S/c1-3-12(16)18(17)13-14-8-9-15(13)11-7-5-4-6-10(11)2/h4-9,12,16H,3H2,1-2H3/t12-,18?/m0/s1. The van der Waals surface area contributed by atoms with Gasteiger partial charge in [0.25, 0.3) is 0 Å². The van der Waals surface area contributed by atoms with Crippen LogP contribution >= 0.6 is 0 Å². The Bertz CT molecular complexity index is 566. The highest BCUT2D eigenvalue weighted by Crippen LogP contribution is 2.19. The van der Waals surface area contributed by atoms with Crippen molar-refractivity contribution in [2.75, 3.05) is 0 Å². The fraction of sp³-hybridized carbons (Fsp3) is 0.308. The number of para-hydroxylation sites is 1. The van der Waals surface area contributed by atoms with E-state index in [0.717, 1.165) is 11.3 Å². The number of nitrogens with zero attached hydrogens (tertiary/aromatic N) is 2. The maximum absolute atomic E-state index is 12.1. The second kappa shape index (κ2) is 5.46. The van der Waals surface area contributed by atoms with Gasteiger partial charge in [-0.1, -0.05) is 25.1 Å². The lowest BCUT2D eigenvalue weighted by atomic mass is 10.2. The molecule has 0 amide bonds. The summed E-state index contributed by atoms with van der Waals surface area (Å²) in [6.07, 6.45) is 3.80. The molecule has 0 fully saturated rings. The van der Waals surface area contributed by atoms with Gasteiger partial charge in [-0.15, -0.1) is 0 Å². The molecule has 1 N–H and O–H groups in total. The van der Waals surface area contributed by atoms with Gasteiger partial charge in [0.2, 0.25) is 5.16 Å². The fourth-order valence-electron chi connectivity index (χ4n) is 1.73. The van der Waals surface area contributed by atoms with E-state index in [0.29, 0.717) is 11.6 Å². The zero-order valence-electron chi connectivity index (χ0n) is 10.4. The van der Waals surface area contributed by atoms with Gasteiger partial charge in [0.05, 0.1) is 5.69 Å². The lowest BCUT2D eigenvalue weighted by Gasteiger charge is -2.12. The van der Waals surface area contributed by atoms with E-state index < -0.39 is 16.2 Å². The van der Waals surface area contributed by atoms with Crippen molar-refractivity contribution in [2.45, 2.75) is 30.9 Å². The summed E-state index contributed by atoms with van der Waals surface area (Å²) in [5, 5.41) is 10.1. The Hall–Kier alpha value is -1.46. The van der Waals surface area contributed by atoms with Crippen LogP contribution in [0.1, 0.15) is 18.9 Å². The van der Waals surface area contributed by atoms with E-state index >= 15 is 0 Å². The smallest absolute Gasteiger partial charge is 0.206 e. The summed E-state index contributed by atoms with van der Waals surface area (Å²) >= 11 is 0. The van der Waals surface area contributed by atoms with Crippen LogP contribution in [0.2, 0.25) is 0 Å². The van der Waals surface area contributed by atoms with Gasteiger partial charge in [-0.25, -0.2) is 9.19 Å². The molecule has 2 atom stereocenters. The van der Waals surface area contributed by atoms with Crippen molar-refractivity contribution >= 4 is 10.8 Å². The van der Waals surface area contributed by atoms with Crippen molar-refractivity contribution in [3.8, 4) is 5.69 Å². The van der Waals surface area contributed by atoms with Crippen molar-refractivity contribution in [2.24, 2.45) is 0 Å². The molecule has 4 nitrogen and oxygen atoms in total. The van der Waals surface area contributed by atoms with Gasteiger partial charge in [0.1, 0.15) is 16.2 Å². The minimum atomic E-state index is -1.51. The van der Waals surface area contributed by atoms with Gasteiger partial charge in [-0.2, -0.15) is 0 Å². The Balaban J connectivity index is 2.46. The summed E-state index contributed by atoms with van der Waals surface area (Å²) < 4.78 is 13.9. The summed E-state index contributed by atoms with van der Waals surface area (Å²) in [5.74, 6) is 0. The molecule has 0 aliphatic carbocycles. The molecule has 0 bridgehead atoms. The van der Waals surface area contributed by atoms with E-state index in [9.17, 15) is 9.32 Å². The lowest BCUT2D eigenvalue weighted by Crippen LogP contribution is -2.17. The number of aromatic nitrogens is 2. The number of aliphatic hydroxyl groups is 1. The van der Waals surface area contributed by atoms with Gasteiger partial charge in [-0.05, 0) is 25.0 Å². The second-order valence-electron chi connectivity index (χ2n) is 4.03. The Morgan fingerprint density at radius 1 is 1.44 bits per heavy atom. The van der Waals surface area contributed by atoms with E-state index in [-0.39, 0.29) is 0 Å². The van der Waals surface area contributed by atoms with Crippen LogP contribution in [0, 0.1) is 6.92 Å². The zero-order chi connectivity index (χ0) is 13.1. The number of rotatable bonds is 4. The van der Waals surface area contributed by atoms with E-state index in [4.69, 9.17) is 0 Å². The van der Waals surface area contributed by atoms with E-state index in [1.807, 2.05) is 31.2 Å². The first-order valence-corrected chi connectivity index (χ1v) is 7.04. The summed E-state index contributed by atoms with van der Waals surface area (Å²) in [7, 11) is -1.51. The molecule has 0 aliphatic heterocycles. The van der Waals surface area contributed by atoms with E-state index in [2.05, 4.69) is 4.98 Å². The molecule has 2 aromatic rings. The number of imidazole rings is 1. The van der Waals surface area contributed by atoms with Crippen molar-refractivity contribution in [3.05, 3.63) is 42.2 Å². The molecule has 96 valence electrons. The predicted octanol–water partition coefficient (Wildman–Crippen LogP) is 2.02. The molecule has 1 aromatic heterocycles. The van der Waals surface area contributed by atoms with Gasteiger partial charge >= 0.3 is 0 Å². The predicted molar refractivity (Wildman–Crippen MR) is 71.0 cm³/mol. The molecular formula is C13H16N2O2S. The Labute approximate surface area is 109 Å². The minimum Gasteiger partial charge on any atom is -0.379 e. The van der Waals surface area contributed by atoms with Crippen molar-refractivity contribution in [1.29, 1.82) is 0 Å². The third-order valence-electron chi connectivity index (χ3n) is 2.76. The highest BCUT2D eigenvalue weighted by atomic mass is 32.2. The maximum Gasteiger partial charge on any atom is 0.206 e. The van der Waals surface area contributed by atoms with Crippen LogP contribution in [0.15, 0.2) is 41.8 Å². The van der Waals surface area contributed by atoms with E-state index in [1.54, 1.807) is 23.9 Å². The highest BCUT2D eigenvalue weighted by Gasteiger charge is 2.19. The molecule has 0 saturated heterocycles. The second-order valence-corrected chi connectivity index (χ2v) is 5.53. The van der Waals surface area contributed by atoms with Gasteiger partial charge in [0, 0.05) is 12.4 Å². The van der Waals surface area contributed by atoms with Gasteiger partial charge in [-0.3, -0.25) is 4.57 Å². The normalized spacial score (nSPS) is 14.4. The zero-order valence-corrected chi connectivity index (χ0v) is 11.2. The summed E-state index contributed by atoms with van der Waals surface area (Å²) in [4.78, 5) is 4.11. The topological polar surface area (TPSA) is 55.1 Å². The number of hydrogen-bond acceptors (Lipinski definition) is 3. The summed E-state index contributed by atoms with van der Waals surface area (Å²) in [6.45, 7) is 3.78. The molecule has 0 saturated carbocycles. The first-order valence-electron chi connectivity index (χ1n) is 5.83. The molecule has 0 spiro atoms. The third kappa shape index (κ3) is 2.37. The maximum atomic E-state index is 12.1. The molecule has 5 heteroatoms. The summed E-state index contributed by atoms with van der Waals surface area (Å²) in [6, 6.07) is 7.80. The minimum absolute atomic E-state index is 0.388. The summed E-state index contributed by atoms with van der Waals surface area (Å²) in [5.41, 5.74) is 1.12. The number of aryl methyl sites for hydroxylation is 1. The van der Waals surface area contributed by atoms with Crippen LogP contribution in [0.3, 0.4) is 0 Å². The first-order chi connectivity index (χ1) is 8.65. The molecular weight excluding hydrogens is 248 g/mol. The van der Waals surface area contributed by atoms with E-state index in [1.165, 1.54) is 0 Å². The molecule has 1 unspecified atom stereocenters. The van der Waals surface area contributed by atoms with Crippen LogP contribution in [0.4, 0.5) is 0 Å².